The molecular formula is C11H12ClFN2O2S. The molecule has 1 aromatic rings. The van der Waals surface area contributed by atoms with Crippen molar-refractivity contribution in [1.29, 1.82) is 0 Å². The van der Waals surface area contributed by atoms with E-state index in [1.165, 1.54) is 0 Å². The number of unbranched alkanes of at least 4 members (excludes halogenated alkanes) is 1. The zero-order valence-electron chi connectivity index (χ0n) is 9.41. The Labute approximate surface area is 110 Å². The number of hydrogen-bond donors (Lipinski definition) is 2. The summed E-state index contributed by atoms with van der Waals surface area (Å²) in [6.07, 6.45) is 5.93. The molecule has 1 aromatic carbocycles. The first-order valence-electron chi connectivity index (χ1n) is 5.06. The SMILES string of the molecule is C#CCCCNS(=O)(=O)c1cc(N)cc(Cl)c1F. The highest BCUT2D eigenvalue weighted by molar-refractivity contribution is 7.89. The molecule has 0 saturated heterocycles. The fourth-order valence-electron chi connectivity index (χ4n) is 1.25. The minimum Gasteiger partial charge on any atom is -0.399 e. The Bertz CT molecular complexity index is 581. The highest BCUT2D eigenvalue weighted by atomic mass is 35.5. The molecule has 0 aliphatic heterocycles. The zero-order chi connectivity index (χ0) is 13.8. The van der Waals surface area contributed by atoms with Gasteiger partial charge in [0.1, 0.15) is 4.90 Å². The molecule has 4 nitrogen and oxygen atoms in total. The van der Waals surface area contributed by atoms with Gasteiger partial charge in [0.15, 0.2) is 5.82 Å². The minimum absolute atomic E-state index is 0.0744. The van der Waals surface area contributed by atoms with Gasteiger partial charge in [-0.1, -0.05) is 11.6 Å². The average Bonchev–Trinajstić information content (AvgIpc) is 2.29. The van der Waals surface area contributed by atoms with Crippen LogP contribution in [0.4, 0.5) is 10.1 Å². The number of anilines is 1. The molecule has 0 unspecified atom stereocenters. The van der Waals surface area contributed by atoms with E-state index < -0.39 is 20.7 Å². The Morgan fingerprint density at radius 2 is 2.17 bits per heavy atom. The smallest absolute Gasteiger partial charge is 0.243 e. The molecule has 0 amide bonds. The van der Waals surface area contributed by atoms with Crippen molar-refractivity contribution < 1.29 is 12.8 Å². The van der Waals surface area contributed by atoms with Crippen molar-refractivity contribution in [2.45, 2.75) is 17.7 Å². The van der Waals surface area contributed by atoms with Crippen LogP contribution in [0.1, 0.15) is 12.8 Å². The van der Waals surface area contributed by atoms with Crippen molar-refractivity contribution in [3.63, 3.8) is 0 Å². The zero-order valence-corrected chi connectivity index (χ0v) is 11.0. The third-order valence-corrected chi connectivity index (χ3v) is 3.83. The van der Waals surface area contributed by atoms with E-state index in [0.717, 1.165) is 12.1 Å². The number of benzene rings is 1. The van der Waals surface area contributed by atoms with Gasteiger partial charge >= 0.3 is 0 Å². The molecule has 18 heavy (non-hydrogen) atoms. The van der Waals surface area contributed by atoms with E-state index in [4.69, 9.17) is 23.8 Å². The number of nitrogens with one attached hydrogen (secondary N) is 1. The summed E-state index contributed by atoms with van der Waals surface area (Å²) in [4.78, 5) is -0.562. The van der Waals surface area contributed by atoms with E-state index in [-0.39, 0.29) is 17.3 Å². The summed E-state index contributed by atoms with van der Waals surface area (Å²) in [6.45, 7) is 0.123. The lowest BCUT2D eigenvalue weighted by Gasteiger charge is -2.08. The number of halogens is 2. The molecule has 7 heteroatoms. The van der Waals surface area contributed by atoms with Crippen molar-refractivity contribution in [2.75, 3.05) is 12.3 Å². The Hall–Kier alpha value is -1.29. The third-order valence-electron chi connectivity index (χ3n) is 2.10. The van der Waals surface area contributed by atoms with Crippen molar-refractivity contribution in [3.05, 3.63) is 23.0 Å². The number of nitrogen functional groups attached to an aromatic ring is 1. The molecule has 0 atom stereocenters. The van der Waals surface area contributed by atoms with Crippen molar-refractivity contribution in [2.24, 2.45) is 0 Å². The lowest BCUT2D eigenvalue weighted by Crippen LogP contribution is -2.25. The van der Waals surface area contributed by atoms with Gasteiger partial charge in [0.25, 0.3) is 0 Å². The maximum Gasteiger partial charge on any atom is 0.243 e. The van der Waals surface area contributed by atoms with E-state index >= 15 is 0 Å². The number of hydrogen-bond acceptors (Lipinski definition) is 3. The number of terminal acetylenes is 1. The summed E-state index contributed by atoms with van der Waals surface area (Å²) in [5, 5.41) is -0.334. The lowest BCUT2D eigenvalue weighted by molar-refractivity contribution is 0.556. The second kappa shape index (κ2) is 6.05. The molecule has 3 N–H and O–H groups in total. The maximum absolute atomic E-state index is 13.6. The van der Waals surface area contributed by atoms with Gasteiger partial charge in [0.2, 0.25) is 10.0 Å². The maximum atomic E-state index is 13.6. The number of nitrogens with two attached hydrogens (primary N) is 1. The molecule has 98 valence electrons. The molecule has 0 heterocycles. The first-order valence-corrected chi connectivity index (χ1v) is 6.92. The van der Waals surface area contributed by atoms with Crippen LogP contribution in [-0.2, 0) is 10.0 Å². The standard InChI is InChI=1S/C11H12ClFN2O2S/c1-2-3-4-5-15-18(16,17)10-7-8(14)6-9(12)11(10)13/h1,6-7,15H,3-5,14H2. The van der Waals surface area contributed by atoms with E-state index in [9.17, 15) is 12.8 Å². The van der Waals surface area contributed by atoms with E-state index in [0.29, 0.717) is 12.8 Å². The van der Waals surface area contributed by atoms with Crippen LogP contribution in [0.5, 0.6) is 0 Å². The number of sulfonamides is 1. The summed E-state index contributed by atoms with van der Waals surface area (Å²) in [6, 6.07) is 2.17. The molecular weight excluding hydrogens is 279 g/mol. The van der Waals surface area contributed by atoms with Crippen LogP contribution in [0.2, 0.25) is 5.02 Å². The van der Waals surface area contributed by atoms with Crippen LogP contribution in [-0.4, -0.2) is 15.0 Å². The molecule has 0 aliphatic carbocycles. The van der Waals surface area contributed by atoms with Gasteiger partial charge < -0.3 is 5.73 Å². The topological polar surface area (TPSA) is 72.2 Å². The molecule has 0 aromatic heterocycles. The molecule has 0 fully saturated rings. The van der Waals surface area contributed by atoms with Crippen LogP contribution in [0.15, 0.2) is 17.0 Å². The predicted octanol–water partition coefficient (Wildman–Crippen LogP) is 1.75. The minimum atomic E-state index is -3.97. The van der Waals surface area contributed by atoms with Gasteiger partial charge in [-0.05, 0) is 18.6 Å². The van der Waals surface area contributed by atoms with Crippen LogP contribution in [0.3, 0.4) is 0 Å². The normalized spacial score (nSPS) is 11.2. The highest BCUT2D eigenvalue weighted by Gasteiger charge is 2.21. The first kappa shape index (κ1) is 14.8. The largest absolute Gasteiger partial charge is 0.399 e. The number of rotatable bonds is 5. The Morgan fingerprint density at radius 3 is 2.78 bits per heavy atom. The molecule has 0 aliphatic rings. The van der Waals surface area contributed by atoms with Crippen LogP contribution in [0.25, 0.3) is 0 Å². The van der Waals surface area contributed by atoms with Gasteiger partial charge in [-0.15, -0.1) is 12.3 Å². The third kappa shape index (κ3) is 3.60. The van der Waals surface area contributed by atoms with Crippen LogP contribution < -0.4 is 10.5 Å². The summed E-state index contributed by atoms with van der Waals surface area (Å²) in [5.41, 5.74) is 5.51. The van der Waals surface area contributed by atoms with Crippen molar-refractivity contribution >= 4 is 27.3 Å². The van der Waals surface area contributed by atoms with E-state index in [1.54, 1.807) is 0 Å². The summed E-state index contributed by atoms with van der Waals surface area (Å²) >= 11 is 5.54. The Balaban J connectivity index is 2.96. The first-order chi connectivity index (χ1) is 8.38. The molecule has 0 saturated carbocycles. The quantitative estimate of drug-likeness (QED) is 0.493. The van der Waals surface area contributed by atoms with Crippen molar-refractivity contribution in [1.82, 2.24) is 4.72 Å². The van der Waals surface area contributed by atoms with E-state index in [1.807, 2.05) is 0 Å². The monoisotopic (exact) mass is 290 g/mol. The Morgan fingerprint density at radius 1 is 1.50 bits per heavy atom. The highest BCUT2D eigenvalue weighted by Crippen LogP contribution is 2.25. The molecule has 1 rings (SSSR count). The van der Waals surface area contributed by atoms with Crippen LogP contribution >= 0.6 is 11.6 Å². The second-order valence-corrected chi connectivity index (χ2v) is 5.66. The molecule has 0 radical (unpaired) electrons. The fraction of sp³-hybridized carbons (Fsp3) is 0.273. The summed E-state index contributed by atoms with van der Waals surface area (Å²) in [7, 11) is -3.97. The molecule has 0 bridgehead atoms. The predicted molar refractivity (Wildman–Crippen MR) is 69.1 cm³/mol. The van der Waals surface area contributed by atoms with Gasteiger partial charge in [-0.25, -0.2) is 17.5 Å². The molecule has 0 spiro atoms. The Kier molecular flexibility index (Phi) is 4.96. The van der Waals surface area contributed by atoms with Gasteiger partial charge in [-0.2, -0.15) is 0 Å². The van der Waals surface area contributed by atoms with E-state index in [2.05, 4.69) is 10.6 Å². The second-order valence-electron chi connectivity index (χ2n) is 3.52. The summed E-state index contributed by atoms with van der Waals surface area (Å²) < 4.78 is 39.4. The average molecular weight is 291 g/mol. The van der Waals surface area contributed by atoms with Crippen molar-refractivity contribution in [3.8, 4) is 12.3 Å². The van der Waals surface area contributed by atoms with Gasteiger partial charge in [-0.3, -0.25) is 0 Å². The lowest BCUT2D eigenvalue weighted by atomic mass is 10.3. The fourth-order valence-corrected chi connectivity index (χ4v) is 2.74. The summed E-state index contributed by atoms with van der Waals surface area (Å²) in [5.74, 6) is 1.36. The van der Waals surface area contributed by atoms with Gasteiger partial charge in [0, 0.05) is 18.7 Å². The van der Waals surface area contributed by atoms with Gasteiger partial charge in [0.05, 0.1) is 5.02 Å². The van der Waals surface area contributed by atoms with Crippen LogP contribution in [0, 0.1) is 18.2 Å².